The zero-order valence-corrected chi connectivity index (χ0v) is 8.89. The summed E-state index contributed by atoms with van der Waals surface area (Å²) in [4.78, 5) is 19.1. The highest BCUT2D eigenvalue weighted by Gasteiger charge is 2.09. The molecule has 0 aliphatic heterocycles. The molecule has 0 saturated heterocycles. The monoisotopic (exact) mass is 234 g/mol. The van der Waals surface area contributed by atoms with Crippen LogP contribution in [0.2, 0.25) is 5.02 Å². The molecule has 0 saturated carbocycles. The minimum absolute atomic E-state index is 0.164. The van der Waals surface area contributed by atoms with Crippen molar-refractivity contribution in [2.45, 2.75) is 0 Å². The second kappa shape index (κ2) is 4.72. The number of hydrogen-bond donors (Lipinski definition) is 0. The first-order chi connectivity index (χ1) is 7.75. The number of ether oxygens (including phenoxy) is 1. The van der Waals surface area contributed by atoms with Crippen molar-refractivity contribution in [1.82, 2.24) is 9.97 Å². The molecule has 0 radical (unpaired) electrons. The molecule has 2 rings (SSSR count). The van der Waals surface area contributed by atoms with Crippen molar-refractivity contribution in [2.24, 2.45) is 0 Å². The molecule has 0 amide bonds. The van der Waals surface area contributed by atoms with Gasteiger partial charge in [0.15, 0.2) is 5.69 Å². The van der Waals surface area contributed by atoms with Gasteiger partial charge in [0, 0.05) is 17.4 Å². The number of carbonyl (C=O) groups excluding carboxylic acids is 1. The van der Waals surface area contributed by atoms with Crippen LogP contribution in [0, 0.1) is 0 Å². The average Bonchev–Trinajstić information content (AvgIpc) is 2.33. The van der Waals surface area contributed by atoms with E-state index in [1.54, 1.807) is 24.3 Å². The number of benzene rings is 1. The van der Waals surface area contributed by atoms with Crippen LogP contribution in [0.5, 0.6) is 5.75 Å². The molecule has 1 aromatic heterocycles. The van der Waals surface area contributed by atoms with Gasteiger partial charge in [-0.3, -0.25) is 4.98 Å². The highest BCUT2D eigenvalue weighted by Crippen LogP contribution is 2.16. The Morgan fingerprint density at radius 3 is 2.56 bits per heavy atom. The topological polar surface area (TPSA) is 52.1 Å². The van der Waals surface area contributed by atoms with Crippen LogP contribution >= 0.6 is 11.6 Å². The minimum atomic E-state index is -0.546. The molecule has 80 valence electrons. The first-order valence-electron chi connectivity index (χ1n) is 4.49. The Morgan fingerprint density at radius 2 is 1.94 bits per heavy atom. The molecule has 0 fully saturated rings. The first-order valence-corrected chi connectivity index (χ1v) is 4.87. The van der Waals surface area contributed by atoms with Gasteiger partial charge in [-0.1, -0.05) is 11.6 Å². The van der Waals surface area contributed by atoms with Crippen molar-refractivity contribution in [3.8, 4) is 5.75 Å². The van der Waals surface area contributed by atoms with Crippen LogP contribution in [-0.4, -0.2) is 15.9 Å². The van der Waals surface area contributed by atoms with Crippen LogP contribution in [0.25, 0.3) is 0 Å². The fraction of sp³-hybridized carbons (Fsp3) is 0. The fourth-order valence-electron chi connectivity index (χ4n) is 1.07. The molecule has 5 heteroatoms. The molecule has 0 aliphatic rings. The molecule has 0 N–H and O–H groups in total. The lowest BCUT2D eigenvalue weighted by Gasteiger charge is -2.02. The van der Waals surface area contributed by atoms with Crippen molar-refractivity contribution in [3.63, 3.8) is 0 Å². The lowest BCUT2D eigenvalue weighted by Crippen LogP contribution is -2.10. The summed E-state index contributed by atoms with van der Waals surface area (Å²) in [6, 6.07) is 6.49. The van der Waals surface area contributed by atoms with E-state index < -0.39 is 5.97 Å². The van der Waals surface area contributed by atoms with E-state index in [9.17, 15) is 4.79 Å². The number of esters is 1. The molecule has 1 aromatic carbocycles. The maximum absolute atomic E-state index is 11.5. The third-order valence-corrected chi connectivity index (χ3v) is 2.05. The Labute approximate surface area is 96.9 Å². The Morgan fingerprint density at radius 1 is 1.19 bits per heavy atom. The van der Waals surface area contributed by atoms with Gasteiger partial charge >= 0.3 is 5.97 Å². The van der Waals surface area contributed by atoms with E-state index >= 15 is 0 Å². The van der Waals surface area contributed by atoms with Crippen LogP contribution in [-0.2, 0) is 0 Å². The lowest BCUT2D eigenvalue weighted by atomic mass is 10.3. The summed E-state index contributed by atoms with van der Waals surface area (Å²) >= 11 is 5.70. The van der Waals surface area contributed by atoms with Gasteiger partial charge in [-0.2, -0.15) is 0 Å². The molecule has 2 aromatic rings. The van der Waals surface area contributed by atoms with E-state index in [0.717, 1.165) is 0 Å². The molecule has 0 bridgehead atoms. The smallest absolute Gasteiger partial charge is 0.363 e. The van der Waals surface area contributed by atoms with Crippen LogP contribution < -0.4 is 4.74 Å². The summed E-state index contributed by atoms with van der Waals surface area (Å²) in [6.45, 7) is 0. The number of aromatic nitrogens is 2. The molecule has 0 atom stereocenters. The van der Waals surface area contributed by atoms with Gasteiger partial charge in [0.05, 0.1) is 6.20 Å². The second-order valence-electron chi connectivity index (χ2n) is 2.93. The number of nitrogens with zero attached hydrogens (tertiary/aromatic N) is 2. The normalized spacial score (nSPS) is 9.81. The van der Waals surface area contributed by atoms with Crippen molar-refractivity contribution < 1.29 is 9.53 Å². The van der Waals surface area contributed by atoms with Gasteiger partial charge in [0.2, 0.25) is 0 Å². The summed E-state index contributed by atoms with van der Waals surface area (Å²) in [5, 5.41) is 0.583. The van der Waals surface area contributed by atoms with Crippen LogP contribution in [0.1, 0.15) is 10.5 Å². The highest BCUT2D eigenvalue weighted by molar-refractivity contribution is 6.30. The van der Waals surface area contributed by atoms with Gasteiger partial charge in [-0.15, -0.1) is 0 Å². The maximum Gasteiger partial charge on any atom is 0.363 e. The first kappa shape index (κ1) is 10.6. The van der Waals surface area contributed by atoms with Gasteiger partial charge in [0.1, 0.15) is 5.75 Å². The summed E-state index contributed by atoms with van der Waals surface area (Å²) in [5.41, 5.74) is 0.164. The Bertz CT molecular complexity index is 485. The highest BCUT2D eigenvalue weighted by atomic mass is 35.5. The molecule has 1 heterocycles. The predicted molar refractivity (Wildman–Crippen MR) is 58.4 cm³/mol. The third kappa shape index (κ3) is 2.55. The van der Waals surface area contributed by atoms with Crippen LogP contribution in [0.15, 0.2) is 42.9 Å². The quantitative estimate of drug-likeness (QED) is 0.591. The van der Waals surface area contributed by atoms with E-state index in [-0.39, 0.29) is 5.69 Å². The van der Waals surface area contributed by atoms with E-state index in [1.807, 2.05) is 0 Å². The third-order valence-electron chi connectivity index (χ3n) is 1.80. The van der Waals surface area contributed by atoms with E-state index in [2.05, 4.69) is 9.97 Å². The summed E-state index contributed by atoms with van der Waals surface area (Å²) < 4.78 is 5.06. The van der Waals surface area contributed by atoms with Crippen molar-refractivity contribution in [3.05, 3.63) is 53.6 Å². The molecular formula is C11H7ClN2O2. The van der Waals surface area contributed by atoms with Crippen molar-refractivity contribution in [1.29, 1.82) is 0 Å². The van der Waals surface area contributed by atoms with Gasteiger partial charge in [-0.25, -0.2) is 9.78 Å². The summed E-state index contributed by atoms with van der Waals surface area (Å²) in [6.07, 6.45) is 4.26. The number of halogens is 1. The van der Waals surface area contributed by atoms with E-state index in [0.29, 0.717) is 10.8 Å². The maximum atomic E-state index is 11.5. The Kier molecular flexibility index (Phi) is 3.12. The molecular weight excluding hydrogens is 228 g/mol. The Balaban J connectivity index is 2.11. The van der Waals surface area contributed by atoms with Crippen LogP contribution in [0.4, 0.5) is 0 Å². The predicted octanol–water partition coefficient (Wildman–Crippen LogP) is 2.35. The average molecular weight is 235 g/mol. The SMILES string of the molecule is O=C(Oc1ccc(Cl)cc1)c1cnccn1. The summed E-state index contributed by atoms with van der Waals surface area (Å²) in [7, 11) is 0. The lowest BCUT2D eigenvalue weighted by molar-refractivity contribution is 0.0728. The van der Waals surface area contributed by atoms with Gasteiger partial charge < -0.3 is 4.74 Å². The largest absolute Gasteiger partial charge is 0.422 e. The summed E-state index contributed by atoms with van der Waals surface area (Å²) in [5.74, 6) is -0.129. The molecule has 0 spiro atoms. The molecule has 4 nitrogen and oxygen atoms in total. The van der Waals surface area contributed by atoms with Crippen molar-refractivity contribution >= 4 is 17.6 Å². The molecule has 0 unspecified atom stereocenters. The number of carbonyl (C=O) groups is 1. The fourth-order valence-corrected chi connectivity index (χ4v) is 1.19. The van der Waals surface area contributed by atoms with Crippen LogP contribution in [0.3, 0.4) is 0 Å². The van der Waals surface area contributed by atoms with Crippen molar-refractivity contribution in [2.75, 3.05) is 0 Å². The van der Waals surface area contributed by atoms with E-state index in [4.69, 9.17) is 16.3 Å². The second-order valence-corrected chi connectivity index (χ2v) is 3.37. The van der Waals surface area contributed by atoms with Gasteiger partial charge in [0.25, 0.3) is 0 Å². The molecule has 16 heavy (non-hydrogen) atoms. The zero-order valence-electron chi connectivity index (χ0n) is 8.13. The standard InChI is InChI=1S/C11H7ClN2O2/c12-8-1-3-9(4-2-8)16-11(15)10-7-13-5-6-14-10/h1-7H. The number of rotatable bonds is 2. The Hall–Kier alpha value is -1.94. The zero-order chi connectivity index (χ0) is 11.4. The molecule has 0 aliphatic carbocycles. The number of hydrogen-bond acceptors (Lipinski definition) is 4. The minimum Gasteiger partial charge on any atom is -0.422 e. The van der Waals surface area contributed by atoms with E-state index in [1.165, 1.54) is 18.6 Å². The van der Waals surface area contributed by atoms with Gasteiger partial charge in [-0.05, 0) is 24.3 Å².